The van der Waals surface area contributed by atoms with E-state index in [2.05, 4.69) is 257 Å². The highest BCUT2D eigenvalue weighted by Crippen LogP contribution is 2.56. The minimum atomic E-state index is -0.511. The molecular formula is C63H46. The molecule has 63 heavy (non-hydrogen) atoms. The van der Waals surface area contributed by atoms with Gasteiger partial charge in [0.05, 0.1) is 5.41 Å². The number of aryl methyl sites for hydroxylation is 2. The van der Waals surface area contributed by atoms with Crippen LogP contribution < -0.4 is 0 Å². The molecule has 1 aliphatic rings. The molecule has 0 unspecified atom stereocenters. The Kier molecular flexibility index (Phi) is 9.63. The van der Waals surface area contributed by atoms with Crippen LogP contribution in [0, 0.1) is 13.8 Å². The molecular weight excluding hydrogens is 757 g/mol. The van der Waals surface area contributed by atoms with Crippen LogP contribution in [0.5, 0.6) is 0 Å². The van der Waals surface area contributed by atoms with Crippen LogP contribution in [0.4, 0.5) is 0 Å². The zero-order chi connectivity index (χ0) is 42.3. The monoisotopic (exact) mass is 802 g/mol. The molecule has 0 saturated carbocycles. The second kappa shape index (κ2) is 15.9. The molecule has 0 N–H and O–H groups in total. The lowest BCUT2D eigenvalue weighted by molar-refractivity contribution is 0.768. The average molecular weight is 803 g/mol. The number of hydrogen-bond donors (Lipinski definition) is 0. The van der Waals surface area contributed by atoms with Crippen LogP contribution >= 0.6 is 0 Å². The molecule has 10 aromatic rings. The summed E-state index contributed by atoms with van der Waals surface area (Å²) in [6.45, 7) is 4.30. The van der Waals surface area contributed by atoms with Gasteiger partial charge in [0.1, 0.15) is 0 Å². The molecule has 0 nitrogen and oxygen atoms in total. The first kappa shape index (κ1) is 38.1. The predicted molar refractivity (Wildman–Crippen MR) is 268 cm³/mol. The second-order valence-electron chi connectivity index (χ2n) is 17.0. The van der Waals surface area contributed by atoms with Crippen molar-refractivity contribution in [3.63, 3.8) is 0 Å². The van der Waals surface area contributed by atoms with Gasteiger partial charge in [-0.1, -0.05) is 242 Å². The molecule has 0 amide bonds. The summed E-state index contributed by atoms with van der Waals surface area (Å²) in [5.41, 5.74) is 19.3. The molecule has 0 heterocycles. The van der Waals surface area contributed by atoms with E-state index in [1.165, 1.54) is 99.5 Å². The van der Waals surface area contributed by atoms with Gasteiger partial charge >= 0.3 is 0 Å². The lowest BCUT2D eigenvalue weighted by Gasteiger charge is -2.34. The molecule has 0 spiro atoms. The summed E-state index contributed by atoms with van der Waals surface area (Å²) in [4.78, 5) is 0. The van der Waals surface area contributed by atoms with E-state index in [1.807, 2.05) is 0 Å². The zero-order valence-corrected chi connectivity index (χ0v) is 35.6. The summed E-state index contributed by atoms with van der Waals surface area (Å²) in [7, 11) is 0. The van der Waals surface area contributed by atoms with Crippen LogP contribution in [-0.2, 0) is 5.41 Å². The summed E-state index contributed by atoms with van der Waals surface area (Å²) in [5.74, 6) is 0. The topological polar surface area (TPSA) is 0 Å². The minimum absolute atomic E-state index is 0.511. The first-order valence-electron chi connectivity index (χ1n) is 22.0. The van der Waals surface area contributed by atoms with Gasteiger partial charge in [-0.15, -0.1) is 0 Å². The van der Waals surface area contributed by atoms with Crippen molar-refractivity contribution in [1.29, 1.82) is 0 Å². The Bertz CT molecular complexity index is 3120. The van der Waals surface area contributed by atoms with Crippen LogP contribution in [0.25, 0.3) is 56.0 Å². The third-order valence-electron chi connectivity index (χ3n) is 13.1. The Morgan fingerprint density at radius 3 is 1.13 bits per heavy atom. The van der Waals surface area contributed by atoms with Crippen LogP contribution in [0.3, 0.4) is 0 Å². The Labute approximate surface area is 370 Å². The lowest BCUT2D eigenvalue weighted by Crippen LogP contribution is -2.28. The Morgan fingerprint density at radius 2 is 0.698 bits per heavy atom. The predicted octanol–water partition coefficient (Wildman–Crippen LogP) is 16.2. The SMILES string of the molecule is Cc1ccc(C(=Cc2ccc(C3(c4ccc(C=C(c5ccc(C)cc5)c5cccc6ccccc56)cc4)c4ccccc4-c4ccccc43)cc2)c2cccc3ccccc23)cc1. The van der Waals surface area contributed by atoms with E-state index < -0.39 is 5.41 Å². The molecule has 0 atom stereocenters. The van der Waals surface area contributed by atoms with Crippen LogP contribution in [0.1, 0.15) is 66.8 Å². The van der Waals surface area contributed by atoms with Gasteiger partial charge < -0.3 is 0 Å². The first-order valence-corrected chi connectivity index (χ1v) is 22.0. The highest BCUT2D eigenvalue weighted by atomic mass is 14.5. The van der Waals surface area contributed by atoms with Gasteiger partial charge in [-0.05, 0) is 125 Å². The number of rotatable bonds is 8. The molecule has 0 fully saturated rings. The van der Waals surface area contributed by atoms with E-state index in [0.717, 1.165) is 11.1 Å². The van der Waals surface area contributed by atoms with Gasteiger partial charge in [-0.3, -0.25) is 0 Å². The van der Waals surface area contributed by atoms with Crippen molar-refractivity contribution < 1.29 is 0 Å². The molecule has 0 aromatic heterocycles. The van der Waals surface area contributed by atoms with Gasteiger partial charge in [0.2, 0.25) is 0 Å². The number of benzene rings is 10. The van der Waals surface area contributed by atoms with Crippen LogP contribution in [-0.4, -0.2) is 0 Å². The molecule has 10 aromatic carbocycles. The Hall–Kier alpha value is -7.80. The molecule has 298 valence electrons. The van der Waals surface area contributed by atoms with Gasteiger partial charge in [-0.25, -0.2) is 0 Å². The summed E-state index contributed by atoms with van der Waals surface area (Å²) in [5, 5.41) is 4.99. The van der Waals surface area contributed by atoms with Crippen molar-refractivity contribution in [3.8, 4) is 11.1 Å². The van der Waals surface area contributed by atoms with Crippen molar-refractivity contribution in [3.05, 3.63) is 297 Å². The molecule has 0 bridgehead atoms. The normalized spacial score (nSPS) is 13.2. The van der Waals surface area contributed by atoms with Crippen molar-refractivity contribution in [2.75, 3.05) is 0 Å². The largest absolute Gasteiger partial charge is 0.0713 e. The maximum absolute atomic E-state index is 2.37. The van der Waals surface area contributed by atoms with E-state index in [-0.39, 0.29) is 0 Å². The highest BCUT2D eigenvalue weighted by molar-refractivity contribution is 6.04. The number of hydrogen-bond acceptors (Lipinski definition) is 0. The number of fused-ring (bicyclic) bond motifs is 5. The third-order valence-corrected chi connectivity index (χ3v) is 13.1. The maximum atomic E-state index is 2.37. The molecule has 0 heteroatoms. The van der Waals surface area contributed by atoms with Gasteiger partial charge in [-0.2, -0.15) is 0 Å². The van der Waals surface area contributed by atoms with Crippen molar-refractivity contribution in [2.24, 2.45) is 0 Å². The van der Waals surface area contributed by atoms with Crippen molar-refractivity contribution >= 4 is 44.8 Å². The molecule has 0 radical (unpaired) electrons. The minimum Gasteiger partial charge on any atom is -0.0619 e. The first-order chi connectivity index (χ1) is 31.0. The standard InChI is InChI=1S/C63H46/c1-43-25-33-49(34-26-43)59(55-21-11-15-47-13-3-5-17-53(47)55)41-45-29-37-51(38-30-45)63(61-23-9-7-19-57(61)58-20-8-10-24-62(58)63)52-39-31-46(32-40-52)42-60(50-35-27-44(2)28-36-50)56-22-12-16-48-14-4-6-18-54(48)56/h3-42H,1-2H3. The smallest absolute Gasteiger partial charge is 0.0619 e. The molecule has 11 rings (SSSR count). The third kappa shape index (κ3) is 6.72. The fourth-order valence-electron chi connectivity index (χ4n) is 10.0. The van der Waals surface area contributed by atoms with Gasteiger partial charge in [0.15, 0.2) is 0 Å². The average Bonchev–Trinajstić information content (AvgIpc) is 3.64. The summed E-state index contributed by atoms with van der Waals surface area (Å²) >= 11 is 0. The summed E-state index contributed by atoms with van der Waals surface area (Å²) in [6.07, 6.45) is 4.73. The Balaban J connectivity index is 1.06. The van der Waals surface area contributed by atoms with E-state index in [9.17, 15) is 0 Å². The van der Waals surface area contributed by atoms with E-state index in [0.29, 0.717) is 0 Å². The van der Waals surface area contributed by atoms with Gasteiger partial charge in [0.25, 0.3) is 0 Å². The lowest BCUT2D eigenvalue weighted by atomic mass is 9.67. The zero-order valence-electron chi connectivity index (χ0n) is 35.6. The van der Waals surface area contributed by atoms with Crippen molar-refractivity contribution in [1.82, 2.24) is 0 Å². The molecule has 0 saturated heterocycles. The fourth-order valence-corrected chi connectivity index (χ4v) is 10.0. The maximum Gasteiger partial charge on any atom is 0.0713 e. The Morgan fingerprint density at radius 1 is 0.333 bits per heavy atom. The summed E-state index contributed by atoms with van der Waals surface area (Å²) < 4.78 is 0. The van der Waals surface area contributed by atoms with E-state index in [1.54, 1.807) is 0 Å². The molecule has 0 aliphatic heterocycles. The van der Waals surface area contributed by atoms with E-state index in [4.69, 9.17) is 0 Å². The van der Waals surface area contributed by atoms with Gasteiger partial charge in [0, 0.05) is 0 Å². The quantitative estimate of drug-likeness (QED) is 0.134. The highest BCUT2D eigenvalue weighted by Gasteiger charge is 2.45. The second-order valence-corrected chi connectivity index (χ2v) is 17.0. The summed E-state index contributed by atoms with van der Waals surface area (Å²) in [6, 6.07) is 85.3. The molecule has 1 aliphatic carbocycles. The van der Waals surface area contributed by atoms with E-state index >= 15 is 0 Å². The van der Waals surface area contributed by atoms with Crippen LogP contribution in [0.15, 0.2) is 231 Å². The van der Waals surface area contributed by atoms with Crippen LogP contribution in [0.2, 0.25) is 0 Å². The fraction of sp³-hybridized carbons (Fsp3) is 0.0476. The van der Waals surface area contributed by atoms with Crippen molar-refractivity contribution in [2.45, 2.75) is 19.3 Å².